The quantitative estimate of drug-likeness (QED) is 0.755. The molecule has 104 valence electrons. The maximum Gasteiger partial charge on any atom is 0.0104 e. The molecule has 2 heteroatoms. The lowest BCUT2D eigenvalue weighted by atomic mass is 9.89. The SMILES string of the molecule is CN1CCCCC1CCNCC1CC2CCC1C2. The van der Waals surface area contributed by atoms with E-state index in [0.29, 0.717) is 0 Å². The molecule has 2 aliphatic carbocycles. The van der Waals surface area contributed by atoms with Crippen molar-refractivity contribution >= 4 is 0 Å². The van der Waals surface area contributed by atoms with Crippen LogP contribution in [0.4, 0.5) is 0 Å². The molecule has 1 aliphatic heterocycles. The lowest BCUT2D eigenvalue weighted by Gasteiger charge is -2.32. The van der Waals surface area contributed by atoms with Gasteiger partial charge < -0.3 is 10.2 Å². The summed E-state index contributed by atoms with van der Waals surface area (Å²) in [6.07, 6.45) is 11.8. The fourth-order valence-electron chi connectivity index (χ4n) is 4.69. The monoisotopic (exact) mass is 250 g/mol. The summed E-state index contributed by atoms with van der Waals surface area (Å²) in [5, 5.41) is 3.75. The molecule has 3 fully saturated rings. The Morgan fingerprint density at radius 1 is 1.11 bits per heavy atom. The maximum absolute atomic E-state index is 3.75. The van der Waals surface area contributed by atoms with Gasteiger partial charge in [-0.15, -0.1) is 0 Å². The Kier molecular flexibility index (Phi) is 4.25. The fourth-order valence-corrected chi connectivity index (χ4v) is 4.69. The molecule has 0 aromatic rings. The molecule has 1 saturated heterocycles. The van der Waals surface area contributed by atoms with E-state index in [0.717, 1.165) is 23.8 Å². The molecule has 0 aromatic heterocycles. The van der Waals surface area contributed by atoms with Gasteiger partial charge in [-0.1, -0.05) is 12.8 Å². The van der Waals surface area contributed by atoms with E-state index in [1.54, 1.807) is 6.42 Å². The van der Waals surface area contributed by atoms with Gasteiger partial charge in [-0.2, -0.15) is 0 Å². The Balaban J connectivity index is 1.30. The first-order chi connectivity index (χ1) is 8.83. The van der Waals surface area contributed by atoms with Crippen molar-refractivity contribution in [1.82, 2.24) is 10.2 Å². The Bertz CT molecular complexity index is 262. The molecule has 2 bridgehead atoms. The molecule has 1 N–H and O–H groups in total. The summed E-state index contributed by atoms with van der Waals surface area (Å²) in [6.45, 7) is 3.86. The smallest absolute Gasteiger partial charge is 0.0104 e. The Morgan fingerprint density at radius 2 is 2.06 bits per heavy atom. The van der Waals surface area contributed by atoms with E-state index in [9.17, 15) is 0 Å². The topological polar surface area (TPSA) is 15.3 Å². The van der Waals surface area contributed by atoms with E-state index in [1.165, 1.54) is 64.6 Å². The predicted octanol–water partition coefficient (Wildman–Crippen LogP) is 2.89. The van der Waals surface area contributed by atoms with Crippen molar-refractivity contribution in [3.8, 4) is 0 Å². The molecule has 0 amide bonds. The van der Waals surface area contributed by atoms with Crippen LogP contribution in [0.5, 0.6) is 0 Å². The summed E-state index contributed by atoms with van der Waals surface area (Å²) in [4.78, 5) is 2.57. The summed E-state index contributed by atoms with van der Waals surface area (Å²) >= 11 is 0. The molecule has 18 heavy (non-hydrogen) atoms. The first-order valence-corrected chi connectivity index (χ1v) is 8.24. The van der Waals surface area contributed by atoms with Crippen LogP contribution < -0.4 is 5.32 Å². The van der Waals surface area contributed by atoms with E-state index >= 15 is 0 Å². The second kappa shape index (κ2) is 5.92. The highest BCUT2D eigenvalue weighted by Gasteiger charge is 2.38. The Labute approximate surface area is 113 Å². The minimum atomic E-state index is 0.853. The van der Waals surface area contributed by atoms with Crippen molar-refractivity contribution in [3.63, 3.8) is 0 Å². The van der Waals surface area contributed by atoms with Gasteiger partial charge in [-0.25, -0.2) is 0 Å². The predicted molar refractivity (Wildman–Crippen MR) is 76.7 cm³/mol. The van der Waals surface area contributed by atoms with Crippen molar-refractivity contribution in [3.05, 3.63) is 0 Å². The lowest BCUT2D eigenvalue weighted by Crippen LogP contribution is -2.38. The third kappa shape index (κ3) is 2.91. The van der Waals surface area contributed by atoms with Gasteiger partial charge in [0.05, 0.1) is 0 Å². The van der Waals surface area contributed by atoms with Gasteiger partial charge in [0.1, 0.15) is 0 Å². The maximum atomic E-state index is 3.75. The van der Waals surface area contributed by atoms with E-state index in [4.69, 9.17) is 0 Å². The minimum absolute atomic E-state index is 0.853. The zero-order valence-corrected chi connectivity index (χ0v) is 12.0. The molecule has 4 unspecified atom stereocenters. The summed E-state index contributed by atoms with van der Waals surface area (Å²) in [7, 11) is 2.31. The summed E-state index contributed by atoms with van der Waals surface area (Å²) in [5.41, 5.74) is 0. The fraction of sp³-hybridized carbons (Fsp3) is 1.00. The van der Waals surface area contributed by atoms with Crippen molar-refractivity contribution in [2.45, 2.75) is 57.4 Å². The number of likely N-dealkylation sites (tertiary alicyclic amines) is 1. The summed E-state index contributed by atoms with van der Waals surface area (Å²) in [6, 6.07) is 0.853. The molecule has 0 spiro atoms. The van der Waals surface area contributed by atoms with Crippen molar-refractivity contribution in [2.24, 2.45) is 17.8 Å². The van der Waals surface area contributed by atoms with Crippen LogP contribution in [-0.4, -0.2) is 37.6 Å². The number of nitrogens with zero attached hydrogens (tertiary/aromatic N) is 1. The van der Waals surface area contributed by atoms with Gasteiger partial charge in [0.25, 0.3) is 0 Å². The van der Waals surface area contributed by atoms with Gasteiger partial charge in [0.2, 0.25) is 0 Å². The number of fused-ring (bicyclic) bond motifs is 2. The van der Waals surface area contributed by atoms with Crippen molar-refractivity contribution < 1.29 is 0 Å². The van der Waals surface area contributed by atoms with E-state index < -0.39 is 0 Å². The van der Waals surface area contributed by atoms with E-state index in [-0.39, 0.29) is 0 Å². The third-order valence-corrected chi connectivity index (χ3v) is 5.87. The van der Waals surface area contributed by atoms with Crippen LogP contribution in [0, 0.1) is 17.8 Å². The Morgan fingerprint density at radius 3 is 2.78 bits per heavy atom. The normalized spacial score (nSPS) is 40.5. The van der Waals surface area contributed by atoms with Crippen LogP contribution >= 0.6 is 0 Å². The Hall–Kier alpha value is -0.0800. The number of piperidine rings is 1. The highest BCUT2D eigenvalue weighted by Crippen LogP contribution is 2.47. The van der Waals surface area contributed by atoms with Crippen molar-refractivity contribution in [1.29, 1.82) is 0 Å². The van der Waals surface area contributed by atoms with Gasteiger partial charge >= 0.3 is 0 Å². The second-order valence-corrected chi connectivity index (χ2v) is 7.06. The molecule has 0 radical (unpaired) electrons. The lowest BCUT2D eigenvalue weighted by molar-refractivity contribution is 0.174. The van der Waals surface area contributed by atoms with Gasteiger partial charge in [-0.3, -0.25) is 0 Å². The molecule has 3 aliphatic rings. The minimum Gasteiger partial charge on any atom is -0.316 e. The van der Waals surface area contributed by atoms with Crippen LogP contribution in [0.2, 0.25) is 0 Å². The average Bonchev–Trinajstić information content (AvgIpc) is 2.99. The molecule has 3 rings (SSSR count). The first kappa shape index (κ1) is 12.9. The zero-order chi connectivity index (χ0) is 12.4. The second-order valence-electron chi connectivity index (χ2n) is 7.06. The van der Waals surface area contributed by atoms with Crippen LogP contribution in [0.25, 0.3) is 0 Å². The van der Waals surface area contributed by atoms with Gasteiger partial charge in [-0.05, 0) is 83.0 Å². The van der Waals surface area contributed by atoms with Gasteiger partial charge in [0, 0.05) is 6.04 Å². The molecule has 2 saturated carbocycles. The highest BCUT2D eigenvalue weighted by molar-refractivity contribution is 4.90. The zero-order valence-electron chi connectivity index (χ0n) is 12.0. The van der Waals surface area contributed by atoms with Crippen LogP contribution in [-0.2, 0) is 0 Å². The van der Waals surface area contributed by atoms with Crippen LogP contribution in [0.15, 0.2) is 0 Å². The average molecular weight is 250 g/mol. The molecular formula is C16H30N2. The van der Waals surface area contributed by atoms with Gasteiger partial charge in [0.15, 0.2) is 0 Å². The molecule has 1 heterocycles. The summed E-state index contributed by atoms with van der Waals surface area (Å²) in [5.74, 6) is 3.21. The van der Waals surface area contributed by atoms with E-state index in [1.807, 2.05) is 0 Å². The first-order valence-electron chi connectivity index (χ1n) is 8.24. The van der Waals surface area contributed by atoms with E-state index in [2.05, 4.69) is 17.3 Å². The third-order valence-electron chi connectivity index (χ3n) is 5.87. The standard InChI is InChI=1S/C16H30N2/c1-18-9-3-2-4-16(18)7-8-17-12-15-11-13-5-6-14(15)10-13/h13-17H,2-12H2,1H3. The molecule has 4 atom stereocenters. The molecular weight excluding hydrogens is 220 g/mol. The summed E-state index contributed by atoms with van der Waals surface area (Å²) < 4.78 is 0. The number of nitrogens with one attached hydrogen (secondary N) is 1. The van der Waals surface area contributed by atoms with Crippen LogP contribution in [0.1, 0.15) is 51.4 Å². The number of hydrogen-bond acceptors (Lipinski definition) is 2. The molecule has 2 nitrogen and oxygen atoms in total. The molecule has 0 aromatic carbocycles. The largest absolute Gasteiger partial charge is 0.316 e. The highest BCUT2D eigenvalue weighted by atomic mass is 15.1. The number of hydrogen-bond donors (Lipinski definition) is 1. The van der Waals surface area contributed by atoms with Crippen LogP contribution in [0.3, 0.4) is 0 Å². The van der Waals surface area contributed by atoms with Crippen molar-refractivity contribution in [2.75, 3.05) is 26.7 Å². The number of rotatable bonds is 5.